The highest BCUT2D eigenvalue weighted by Gasteiger charge is 2.20. The first kappa shape index (κ1) is 14.0. The van der Waals surface area contributed by atoms with E-state index >= 15 is 0 Å². The van der Waals surface area contributed by atoms with E-state index < -0.39 is 4.92 Å². The van der Waals surface area contributed by atoms with Gasteiger partial charge in [0.15, 0.2) is 9.78 Å². The van der Waals surface area contributed by atoms with Crippen molar-refractivity contribution in [2.75, 3.05) is 0 Å². The lowest BCUT2D eigenvalue weighted by molar-refractivity contribution is -0.384. The first-order chi connectivity index (χ1) is 11.1. The van der Waals surface area contributed by atoms with E-state index in [4.69, 9.17) is 17.0 Å². The molecular formula is C15H9N3O3S2. The first-order valence-electron chi connectivity index (χ1n) is 6.73. The van der Waals surface area contributed by atoms with Crippen molar-refractivity contribution in [3.8, 4) is 22.6 Å². The summed E-state index contributed by atoms with van der Waals surface area (Å²) in [6.07, 6.45) is 0. The predicted octanol–water partition coefficient (Wildman–Crippen LogP) is 4.13. The minimum atomic E-state index is -0.401. The van der Waals surface area contributed by atoms with E-state index in [1.807, 2.05) is 28.8 Å². The van der Waals surface area contributed by atoms with Gasteiger partial charge in [-0.1, -0.05) is 18.2 Å². The molecule has 2 aromatic carbocycles. The van der Waals surface area contributed by atoms with Gasteiger partial charge in [0.05, 0.1) is 10.6 Å². The molecule has 4 rings (SSSR count). The fraction of sp³-hybridized carbons (Fsp3) is 0.0667. The molecule has 1 aliphatic heterocycles. The third kappa shape index (κ3) is 2.32. The van der Waals surface area contributed by atoms with E-state index in [9.17, 15) is 10.1 Å². The van der Waals surface area contributed by atoms with Crippen LogP contribution >= 0.6 is 23.8 Å². The van der Waals surface area contributed by atoms with Crippen molar-refractivity contribution >= 4 is 29.4 Å². The average molecular weight is 343 g/mol. The molecule has 8 heteroatoms. The molecular weight excluding hydrogens is 334 g/mol. The van der Waals surface area contributed by atoms with Gasteiger partial charge < -0.3 is 4.74 Å². The Bertz CT molecular complexity index is 994. The largest absolute Gasteiger partial charge is 0.483 e. The van der Waals surface area contributed by atoms with E-state index in [0.29, 0.717) is 10.6 Å². The summed E-state index contributed by atoms with van der Waals surface area (Å²) in [6.45, 7) is 0.385. The summed E-state index contributed by atoms with van der Waals surface area (Å²) in [5, 5.41) is 11.0. The molecule has 0 spiro atoms. The van der Waals surface area contributed by atoms with Crippen molar-refractivity contribution in [1.29, 1.82) is 0 Å². The van der Waals surface area contributed by atoms with Crippen LogP contribution in [0.3, 0.4) is 0 Å². The van der Waals surface area contributed by atoms with Crippen LogP contribution in [0.1, 0.15) is 5.82 Å². The highest BCUT2D eigenvalue weighted by molar-refractivity contribution is 7.73. The fourth-order valence-electron chi connectivity index (χ4n) is 2.54. The Morgan fingerprint density at radius 1 is 1.26 bits per heavy atom. The Labute approximate surface area is 139 Å². The molecule has 0 aliphatic carbocycles. The van der Waals surface area contributed by atoms with Crippen molar-refractivity contribution < 1.29 is 9.66 Å². The Morgan fingerprint density at radius 3 is 2.91 bits per heavy atom. The van der Waals surface area contributed by atoms with Gasteiger partial charge in [-0.15, -0.1) is 0 Å². The number of hydrogen-bond acceptors (Lipinski definition) is 6. The Balaban J connectivity index is 1.88. The zero-order chi connectivity index (χ0) is 16.0. The Hall–Kier alpha value is -2.58. The van der Waals surface area contributed by atoms with Crippen LogP contribution in [0.4, 0.5) is 5.69 Å². The summed E-state index contributed by atoms with van der Waals surface area (Å²) in [5.74, 6) is 1.49. The summed E-state index contributed by atoms with van der Waals surface area (Å²) in [7, 11) is 0. The topological polar surface area (TPSA) is 70.2 Å². The number of nitro groups is 1. The monoisotopic (exact) mass is 343 g/mol. The van der Waals surface area contributed by atoms with Crippen molar-refractivity contribution in [3.05, 3.63) is 62.4 Å². The lowest BCUT2D eigenvalue weighted by atomic mass is 10.0. The lowest BCUT2D eigenvalue weighted by Crippen LogP contribution is -2.13. The van der Waals surface area contributed by atoms with Gasteiger partial charge in [-0.2, -0.15) is 4.37 Å². The number of nitrogens with zero attached hydrogens (tertiary/aromatic N) is 3. The Morgan fingerprint density at radius 2 is 2.09 bits per heavy atom. The molecule has 1 aromatic heterocycles. The van der Waals surface area contributed by atoms with Crippen molar-refractivity contribution in [3.63, 3.8) is 0 Å². The van der Waals surface area contributed by atoms with Crippen LogP contribution < -0.4 is 4.74 Å². The SMILES string of the molecule is O=[N+]([O-])c1cccc(-c2ccc3c(c2)-n2c(nsc2=S)CO3)c1. The second kappa shape index (κ2) is 5.25. The zero-order valence-electron chi connectivity index (χ0n) is 11.6. The molecule has 0 saturated heterocycles. The van der Waals surface area contributed by atoms with E-state index in [-0.39, 0.29) is 5.69 Å². The smallest absolute Gasteiger partial charge is 0.270 e. The molecule has 0 unspecified atom stereocenters. The third-order valence-corrected chi connectivity index (χ3v) is 4.66. The highest BCUT2D eigenvalue weighted by Crippen LogP contribution is 2.35. The number of nitro benzene ring substituents is 1. The molecule has 0 fully saturated rings. The molecule has 114 valence electrons. The number of benzene rings is 2. The molecule has 0 radical (unpaired) electrons. The molecule has 0 saturated carbocycles. The van der Waals surface area contributed by atoms with Crippen LogP contribution in [-0.2, 0) is 6.61 Å². The summed E-state index contributed by atoms with van der Waals surface area (Å²) < 4.78 is 12.5. The third-order valence-electron chi connectivity index (χ3n) is 3.62. The normalized spacial score (nSPS) is 12.2. The summed E-state index contributed by atoms with van der Waals surface area (Å²) in [5.41, 5.74) is 2.50. The molecule has 6 nitrogen and oxygen atoms in total. The average Bonchev–Trinajstić information content (AvgIpc) is 2.96. The van der Waals surface area contributed by atoms with Gasteiger partial charge in [-0.3, -0.25) is 14.7 Å². The molecule has 0 atom stereocenters. The van der Waals surface area contributed by atoms with Crippen LogP contribution in [0.15, 0.2) is 42.5 Å². The minimum Gasteiger partial charge on any atom is -0.483 e. The lowest BCUT2D eigenvalue weighted by Gasteiger charge is -2.19. The number of rotatable bonds is 2. The van der Waals surface area contributed by atoms with E-state index in [2.05, 4.69) is 4.37 Å². The summed E-state index contributed by atoms with van der Waals surface area (Å²) in [6, 6.07) is 12.2. The van der Waals surface area contributed by atoms with Crippen LogP contribution in [0.5, 0.6) is 5.75 Å². The van der Waals surface area contributed by atoms with Gasteiger partial charge in [-0.05, 0) is 47.0 Å². The second-order valence-electron chi connectivity index (χ2n) is 4.98. The highest BCUT2D eigenvalue weighted by atomic mass is 32.2. The molecule has 0 bridgehead atoms. The maximum atomic E-state index is 11.0. The van der Waals surface area contributed by atoms with Crippen molar-refractivity contribution in [2.45, 2.75) is 6.61 Å². The molecule has 3 aromatic rings. The van der Waals surface area contributed by atoms with E-state index in [1.54, 1.807) is 12.1 Å². The van der Waals surface area contributed by atoms with E-state index in [1.165, 1.54) is 17.6 Å². The number of fused-ring (bicyclic) bond motifs is 3. The van der Waals surface area contributed by atoms with Gasteiger partial charge in [0.2, 0.25) is 0 Å². The van der Waals surface area contributed by atoms with Crippen LogP contribution in [0, 0.1) is 14.1 Å². The van der Waals surface area contributed by atoms with Crippen LogP contribution in [0.2, 0.25) is 0 Å². The number of non-ortho nitro benzene ring substituents is 1. The van der Waals surface area contributed by atoms with Gasteiger partial charge in [0, 0.05) is 12.1 Å². The first-order valence-corrected chi connectivity index (χ1v) is 7.91. The Kier molecular flexibility index (Phi) is 3.21. The van der Waals surface area contributed by atoms with Gasteiger partial charge in [-0.25, -0.2) is 0 Å². The zero-order valence-corrected chi connectivity index (χ0v) is 13.3. The fourth-order valence-corrected chi connectivity index (χ4v) is 3.46. The maximum absolute atomic E-state index is 11.0. The van der Waals surface area contributed by atoms with Gasteiger partial charge in [0.1, 0.15) is 12.4 Å². The number of ether oxygens (including phenoxy) is 1. The quantitative estimate of drug-likeness (QED) is 0.397. The van der Waals surface area contributed by atoms with Crippen molar-refractivity contribution in [1.82, 2.24) is 8.94 Å². The number of aromatic nitrogens is 2. The van der Waals surface area contributed by atoms with Gasteiger partial charge >= 0.3 is 0 Å². The molecule has 1 aliphatic rings. The second-order valence-corrected chi connectivity index (χ2v) is 6.38. The van der Waals surface area contributed by atoms with Crippen molar-refractivity contribution in [2.24, 2.45) is 0 Å². The van der Waals surface area contributed by atoms with Gasteiger partial charge in [0.25, 0.3) is 5.69 Å². The molecule has 23 heavy (non-hydrogen) atoms. The van der Waals surface area contributed by atoms with Crippen LogP contribution in [-0.4, -0.2) is 13.9 Å². The minimum absolute atomic E-state index is 0.0611. The van der Waals surface area contributed by atoms with E-state index in [0.717, 1.165) is 28.4 Å². The summed E-state index contributed by atoms with van der Waals surface area (Å²) >= 11 is 6.59. The number of hydrogen-bond donors (Lipinski definition) is 0. The molecule has 2 heterocycles. The summed E-state index contributed by atoms with van der Waals surface area (Å²) in [4.78, 5) is 10.6. The molecule has 0 N–H and O–H groups in total. The predicted molar refractivity (Wildman–Crippen MR) is 88.7 cm³/mol. The van der Waals surface area contributed by atoms with Crippen LogP contribution in [0.25, 0.3) is 16.8 Å². The maximum Gasteiger partial charge on any atom is 0.270 e. The molecule has 0 amide bonds. The standard InChI is InChI=1S/C15H9N3O3S2/c19-18(20)11-3-1-2-9(6-11)10-4-5-13-12(7-10)17-14(8-21-13)16-23-15(17)22/h1-7H,8H2.